The Morgan fingerprint density at radius 2 is 1.45 bits per heavy atom. The number of hydrogen-bond donors (Lipinski definition) is 2. The summed E-state index contributed by atoms with van der Waals surface area (Å²) in [6.07, 6.45) is 1.03. The molecule has 0 aliphatic carbocycles. The number of carboxylic acid groups (broad SMARTS) is 1. The molecule has 0 bridgehead atoms. The van der Waals surface area contributed by atoms with Crippen molar-refractivity contribution in [1.29, 1.82) is 0 Å². The lowest BCUT2D eigenvalue weighted by molar-refractivity contribution is -0.144. The second-order valence-corrected chi connectivity index (χ2v) is 7.33. The molecule has 3 rings (SSSR count). The third-order valence-electron chi connectivity index (χ3n) is 5.08. The zero-order valence-corrected chi connectivity index (χ0v) is 17.4. The lowest BCUT2D eigenvalue weighted by atomic mass is 10.0. The fourth-order valence-electron chi connectivity index (χ4n) is 3.24. The predicted molar refractivity (Wildman–Crippen MR) is 121 cm³/mol. The molecule has 5 nitrogen and oxygen atoms in total. The first-order valence-electron chi connectivity index (χ1n) is 10.4. The molecule has 0 aromatic heterocycles. The molecule has 1 unspecified atom stereocenters. The number of carboxylic acids is 1. The van der Waals surface area contributed by atoms with Crippen LogP contribution in [0.5, 0.6) is 0 Å². The third-order valence-corrected chi connectivity index (χ3v) is 5.08. The topological polar surface area (TPSA) is 75.6 Å². The van der Waals surface area contributed by atoms with E-state index in [4.69, 9.17) is 4.74 Å². The van der Waals surface area contributed by atoms with Gasteiger partial charge >= 0.3 is 5.97 Å². The van der Waals surface area contributed by atoms with E-state index in [0.29, 0.717) is 25.0 Å². The van der Waals surface area contributed by atoms with Crippen LogP contribution < -0.4 is 5.32 Å². The highest BCUT2D eigenvalue weighted by Crippen LogP contribution is 2.19. The van der Waals surface area contributed by atoms with Crippen molar-refractivity contribution in [3.8, 4) is 11.1 Å². The van der Waals surface area contributed by atoms with Gasteiger partial charge in [-0.25, -0.2) is 0 Å². The molecule has 0 saturated heterocycles. The molecule has 31 heavy (non-hydrogen) atoms. The van der Waals surface area contributed by atoms with Crippen molar-refractivity contribution >= 4 is 11.9 Å². The van der Waals surface area contributed by atoms with Gasteiger partial charge in [0.25, 0.3) is 5.91 Å². The van der Waals surface area contributed by atoms with Crippen molar-refractivity contribution in [2.75, 3.05) is 19.8 Å². The van der Waals surface area contributed by atoms with Gasteiger partial charge in [-0.2, -0.15) is 0 Å². The summed E-state index contributed by atoms with van der Waals surface area (Å²) in [7, 11) is 0. The van der Waals surface area contributed by atoms with Gasteiger partial charge in [-0.05, 0) is 41.7 Å². The zero-order chi connectivity index (χ0) is 21.9. The predicted octanol–water partition coefficient (Wildman–Crippen LogP) is 4.43. The van der Waals surface area contributed by atoms with Crippen LogP contribution in [0.3, 0.4) is 0 Å². The van der Waals surface area contributed by atoms with Crippen molar-refractivity contribution in [3.05, 3.63) is 96.1 Å². The number of aliphatic carboxylic acids is 1. The average molecular weight is 418 g/mol. The minimum atomic E-state index is -0.916. The Bertz CT molecular complexity index is 956. The number of ether oxygens (including phenoxy) is 1. The fraction of sp³-hybridized carbons (Fsp3) is 0.231. The van der Waals surface area contributed by atoms with Gasteiger partial charge in [0.15, 0.2) is 0 Å². The molecule has 5 heteroatoms. The molecule has 1 amide bonds. The van der Waals surface area contributed by atoms with E-state index in [-0.39, 0.29) is 19.1 Å². The molecule has 160 valence electrons. The molecule has 3 aromatic carbocycles. The van der Waals surface area contributed by atoms with Crippen LogP contribution in [0, 0.1) is 5.92 Å². The Hall–Kier alpha value is -3.44. The maximum atomic E-state index is 12.0. The van der Waals surface area contributed by atoms with Crippen LogP contribution in [-0.2, 0) is 16.0 Å². The molecule has 0 fully saturated rings. The molecule has 2 N–H and O–H groups in total. The highest BCUT2D eigenvalue weighted by molar-refractivity contribution is 5.94. The number of hydrogen-bond acceptors (Lipinski definition) is 3. The second kappa shape index (κ2) is 11.7. The van der Waals surface area contributed by atoms with Gasteiger partial charge in [0.1, 0.15) is 0 Å². The number of carbonyl (C=O) groups excluding carboxylic acids is 1. The lowest BCUT2D eigenvalue weighted by Crippen LogP contribution is -2.29. The molecule has 1 atom stereocenters. The largest absolute Gasteiger partial charge is 0.481 e. The van der Waals surface area contributed by atoms with Crippen LogP contribution >= 0.6 is 0 Å². The van der Waals surface area contributed by atoms with E-state index in [1.54, 1.807) is 24.3 Å². The second-order valence-electron chi connectivity index (χ2n) is 7.33. The molecule has 0 heterocycles. The minimum absolute atomic E-state index is 0.124. The first-order chi connectivity index (χ1) is 15.1. The van der Waals surface area contributed by atoms with Crippen molar-refractivity contribution in [2.45, 2.75) is 12.8 Å². The van der Waals surface area contributed by atoms with E-state index in [2.05, 4.69) is 41.7 Å². The minimum Gasteiger partial charge on any atom is -0.481 e. The number of nitrogens with one attached hydrogen (secondary N) is 1. The number of carbonyl (C=O) groups is 2. The van der Waals surface area contributed by atoms with Crippen LogP contribution in [0.15, 0.2) is 84.9 Å². The number of rotatable bonds is 11. The van der Waals surface area contributed by atoms with Crippen LogP contribution in [0.2, 0.25) is 0 Å². The lowest BCUT2D eigenvalue weighted by Gasteiger charge is -2.13. The van der Waals surface area contributed by atoms with Crippen LogP contribution in [0.1, 0.15) is 22.3 Å². The SMILES string of the molecule is O=C(NCCC(COCCc1ccc(-c2ccccc2)cc1)C(=O)O)c1ccccc1. The van der Waals surface area contributed by atoms with Crippen LogP contribution in [0.25, 0.3) is 11.1 Å². The summed E-state index contributed by atoms with van der Waals surface area (Å²) in [5.74, 6) is -1.78. The van der Waals surface area contributed by atoms with Gasteiger partial charge in [-0.3, -0.25) is 9.59 Å². The Morgan fingerprint density at radius 1 is 0.839 bits per heavy atom. The molecule has 0 aliphatic rings. The van der Waals surface area contributed by atoms with Crippen LogP contribution in [-0.4, -0.2) is 36.7 Å². The standard InChI is InChI=1S/C26H27NO4/c28-25(23-9-5-2-6-10-23)27-17-15-24(26(29)30)19-31-18-16-20-11-13-22(14-12-20)21-7-3-1-4-8-21/h1-14,24H,15-19H2,(H,27,28)(H,29,30). The van der Waals surface area contributed by atoms with E-state index in [0.717, 1.165) is 11.1 Å². The number of amides is 1. The molecular formula is C26H27NO4. The van der Waals surface area contributed by atoms with Gasteiger partial charge in [0.05, 0.1) is 19.1 Å². The van der Waals surface area contributed by atoms with Crippen molar-refractivity contribution in [1.82, 2.24) is 5.32 Å². The number of benzene rings is 3. The Labute approximate surface area is 182 Å². The first-order valence-corrected chi connectivity index (χ1v) is 10.4. The average Bonchev–Trinajstić information content (AvgIpc) is 2.82. The van der Waals surface area contributed by atoms with Crippen LogP contribution in [0.4, 0.5) is 0 Å². The van der Waals surface area contributed by atoms with Crippen molar-refractivity contribution in [2.24, 2.45) is 5.92 Å². The molecule has 0 aliphatic heterocycles. The van der Waals surface area contributed by atoms with Gasteiger partial charge in [-0.15, -0.1) is 0 Å². The summed E-state index contributed by atoms with van der Waals surface area (Å²) < 4.78 is 5.62. The molecular weight excluding hydrogens is 390 g/mol. The zero-order valence-electron chi connectivity index (χ0n) is 17.4. The molecule has 3 aromatic rings. The fourth-order valence-corrected chi connectivity index (χ4v) is 3.24. The summed E-state index contributed by atoms with van der Waals surface area (Å²) >= 11 is 0. The van der Waals surface area contributed by atoms with Crippen molar-refractivity contribution < 1.29 is 19.4 Å². The smallest absolute Gasteiger partial charge is 0.308 e. The summed E-state index contributed by atoms with van der Waals surface area (Å²) in [6.45, 7) is 0.860. The Morgan fingerprint density at radius 3 is 2.10 bits per heavy atom. The van der Waals surface area contributed by atoms with E-state index in [1.165, 1.54) is 5.56 Å². The Kier molecular flexibility index (Phi) is 8.38. The van der Waals surface area contributed by atoms with E-state index in [1.807, 2.05) is 24.3 Å². The van der Waals surface area contributed by atoms with Gasteiger partial charge < -0.3 is 15.2 Å². The maximum absolute atomic E-state index is 12.0. The highest BCUT2D eigenvalue weighted by atomic mass is 16.5. The van der Waals surface area contributed by atoms with Gasteiger partial charge in [-0.1, -0.05) is 72.8 Å². The normalized spacial score (nSPS) is 11.6. The molecule has 0 saturated carbocycles. The van der Waals surface area contributed by atoms with Crippen molar-refractivity contribution in [3.63, 3.8) is 0 Å². The summed E-state index contributed by atoms with van der Waals surface area (Å²) in [5.41, 5.74) is 4.04. The maximum Gasteiger partial charge on any atom is 0.308 e. The van der Waals surface area contributed by atoms with E-state index in [9.17, 15) is 14.7 Å². The van der Waals surface area contributed by atoms with Gasteiger partial charge in [0.2, 0.25) is 0 Å². The van der Waals surface area contributed by atoms with E-state index < -0.39 is 11.9 Å². The quantitative estimate of drug-likeness (QED) is 0.453. The summed E-state index contributed by atoms with van der Waals surface area (Å²) in [5, 5.41) is 12.2. The Balaban J connectivity index is 1.38. The monoisotopic (exact) mass is 417 g/mol. The van der Waals surface area contributed by atoms with E-state index >= 15 is 0 Å². The first kappa shape index (κ1) is 22.2. The summed E-state index contributed by atoms with van der Waals surface area (Å²) in [6, 6.07) is 27.3. The summed E-state index contributed by atoms with van der Waals surface area (Å²) in [4.78, 5) is 23.5. The van der Waals surface area contributed by atoms with Gasteiger partial charge in [0, 0.05) is 12.1 Å². The third kappa shape index (κ3) is 7.08. The molecule has 0 radical (unpaired) electrons. The highest BCUT2D eigenvalue weighted by Gasteiger charge is 2.18. The molecule has 0 spiro atoms.